The van der Waals surface area contributed by atoms with Crippen molar-refractivity contribution in [3.63, 3.8) is 0 Å². The summed E-state index contributed by atoms with van der Waals surface area (Å²) >= 11 is 0. The van der Waals surface area contributed by atoms with E-state index < -0.39 is 4.92 Å². The van der Waals surface area contributed by atoms with Crippen molar-refractivity contribution in [2.75, 3.05) is 17.2 Å². The molecule has 1 atom stereocenters. The molecule has 0 aliphatic heterocycles. The number of anilines is 2. The monoisotopic (exact) mass is 288 g/mol. The first-order valence-electron chi connectivity index (χ1n) is 6.54. The van der Waals surface area contributed by atoms with Gasteiger partial charge in [-0.25, -0.2) is 9.97 Å². The Labute approximate surface area is 121 Å². The van der Waals surface area contributed by atoms with E-state index in [1.54, 1.807) is 6.20 Å². The molecule has 0 spiro atoms. The van der Waals surface area contributed by atoms with Gasteiger partial charge in [0.2, 0.25) is 11.6 Å². The van der Waals surface area contributed by atoms with Crippen LogP contribution >= 0.6 is 0 Å². The summed E-state index contributed by atoms with van der Waals surface area (Å²) in [6.45, 7) is 4.24. The quantitative estimate of drug-likeness (QED) is 0.620. The predicted octanol–water partition coefficient (Wildman–Crippen LogP) is 2.38. The van der Waals surface area contributed by atoms with Crippen molar-refractivity contribution in [2.24, 2.45) is 0 Å². The number of nitro groups is 1. The van der Waals surface area contributed by atoms with Crippen LogP contribution in [-0.2, 0) is 0 Å². The summed E-state index contributed by atoms with van der Waals surface area (Å²) in [4.78, 5) is 22.9. The zero-order valence-corrected chi connectivity index (χ0v) is 11.8. The minimum absolute atomic E-state index is 0.165. The smallest absolute Gasteiger partial charge is 0.353 e. The number of hydrogen-bond donors (Lipinski definition) is 2. The van der Waals surface area contributed by atoms with E-state index in [1.165, 1.54) is 6.33 Å². The van der Waals surface area contributed by atoms with Crippen molar-refractivity contribution >= 4 is 17.3 Å². The van der Waals surface area contributed by atoms with E-state index in [0.29, 0.717) is 6.54 Å². The molecule has 0 radical (unpaired) electrons. The third-order valence-corrected chi connectivity index (χ3v) is 2.83. The summed E-state index contributed by atoms with van der Waals surface area (Å²) in [6.07, 6.45) is 2.96. The van der Waals surface area contributed by atoms with Gasteiger partial charge in [0.15, 0.2) is 0 Å². The number of aromatic nitrogens is 3. The number of nitrogens with zero attached hydrogens (tertiary/aromatic N) is 4. The molecule has 0 fully saturated rings. The molecule has 0 bridgehead atoms. The summed E-state index contributed by atoms with van der Waals surface area (Å²) < 4.78 is 0. The van der Waals surface area contributed by atoms with Crippen LogP contribution in [0.3, 0.4) is 0 Å². The lowest BCUT2D eigenvalue weighted by Crippen LogP contribution is -2.13. The Morgan fingerprint density at radius 1 is 1.29 bits per heavy atom. The Balaban J connectivity index is 2.31. The first-order chi connectivity index (χ1) is 10.1. The first-order valence-corrected chi connectivity index (χ1v) is 6.54. The van der Waals surface area contributed by atoms with Crippen LogP contribution in [0.25, 0.3) is 0 Å². The molecule has 0 aromatic carbocycles. The van der Waals surface area contributed by atoms with Crippen LogP contribution in [0, 0.1) is 10.1 Å². The highest BCUT2D eigenvalue weighted by atomic mass is 16.6. The molecule has 1 unspecified atom stereocenters. The lowest BCUT2D eigenvalue weighted by molar-refractivity contribution is -0.383. The third kappa shape index (κ3) is 3.41. The third-order valence-electron chi connectivity index (χ3n) is 2.83. The van der Waals surface area contributed by atoms with Gasteiger partial charge in [-0.05, 0) is 26.0 Å². The van der Waals surface area contributed by atoms with Crippen LogP contribution in [0.4, 0.5) is 17.3 Å². The number of nitrogens with one attached hydrogen (secondary N) is 2. The molecule has 8 nitrogen and oxygen atoms in total. The van der Waals surface area contributed by atoms with E-state index in [4.69, 9.17) is 0 Å². The van der Waals surface area contributed by atoms with Crippen molar-refractivity contribution in [3.8, 4) is 0 Å². The van der Waals surface area contributed by atoms with E-state index in [2.05, 4.69) is 25.6 Å². The second kappa shape index (κ2) is 6.60. The van der Waals surface area contributed by atoms with Crippen molar-refractivity contribution in [1.29, 1.82) is 0 Å². The summed E-state index contributed by atoms with van der Waals surface area (Å²) in [5.41, 5.74) is 0.609. The molecule has 0 saturated heterocycles. The van der Waals surface area contributed by atoms with Crippen LogP contribution in [0.2, 0.25) is 0 Å². The maximum atomic E-state index is 11.3. The van der Waals surface area contributed by atoms with Gasteiger partial charge in [0.1, 0.15) is 6.33 Å². The molecule has 110 valence electrons. The second-order valence-electron chi connectivity index (χ2n) is 4.33. The molecular weight excluding hydrogens is 272 g/mol. The molecule has 2 rings (SSSR count). The highest BCUT2D eigenvalue weighted by Crippen LogP contribution is 2.30. The molecule has 21 heavy (non-hydrogen) atoms. The van der Waals surface area contributed by atoms with Crippen LogP contribution in [0.1, 0.15) is 25.6 Å². The van der Waals surface area contributed by atoms with Crippen LogP contribution in [-0.4, -0.2) is 26.4 Å². The van der Waals surface area contributed by atoms with E-state index in [-0.39, 0.29) is 23.4 Å². The Morgan fingerprint density at radius 2 is 2.05 bits per heavy atom. The predicted molar refractivity (Wildman–Crippen MR) is 79.1 cm³/mol. The maximum absolute atomic E-state index is 11.3. The summed E-state index contributed by atoms with van der Waals surface area (Å²) in [7, 11) is 0. The largest absolute Gasteiger partial charge is 0.364 e. The van der Waals surface area contributed by atoms with Gasteiger partial charge >= 0.3 is 5.69 Å². The van der Waals surface area contributed by atoms with Gasteiger partial charge in [-0.1, -0.05) is 6.07 Å². The minimum Gasteiger partial charge on any atom is -0.364 e. The molecule has 8 heteroatoms. The molecule has 0 amide bonds. The van der Waals surface area contributed by atoms with Crippen molar-refractivity contribution < 1.29 is 4.92 Å². The van der Waals surface area contributed by atoms with Crippen molar-refractivity contribution in [2.45, 2.75) is 19.9 Å². The summed E-state index contributed by atoms with van der Waals surface area (Å²) in [5, 5.41) is 17.1. The fourth-order valence-corrected chi connectivity index (χ4v) is 1.87. The Morgan fingerprint density at radius 3 is 2.67 bits per heavy atom. The molecule has 2 aromatic heterocycles. The van der Waals surface area contributed by atoms with Crippen LogP contribution in [0.15, 0.2) is 30.7 Å². The van der Waals surface area contributed by atoms with Crippen LogP contribution < -0.4 is 10.6 Å². The second-order valence-corrected chi connectivity index (χ2v) is 4.33. The minimum atomic E-state index is -0.495. The van der Waals surface area contributed by atoms with Gasteiger partial charge in [0.25, 0.3) is 0 Å². The average Bonchev–Trinajstić information content (AvgIpc) is 2.48. The van der Waals surface area contributed by atoms with E-state index >= 15 is 0 Å². The lowest BCUT2D eigenvalue weighted by atomic mass is 10.2. The van der Waals surface area contributed by atoms with Gasteiger partial charge in [-0.3, -0.25) is 15.1 Å². The Bertz CT molecular complexity index is 619. The Hall–Kier alpha value is -2.77. The molecule has 0 aliphatic carbocycles. The van der Waals surface area contributed by atoms with E-state index in [0.717, 1.165) is 5.69 Å². The molecule has 2 heterocycles. The number of pyridine rings is 1. The van der Waals surface area contributed by atoms with E-state index in [9.17, 15) is 10.1 Å². The normalized spacial score (nSPS) is 11.7. The highest BCUT2D eigenvalue weighted by Gasteiger charge is 2.24. The summed E-state index contributed by atoms with van der Waals surface area (Å²) in [6, 6.07) is 5.30. The molecule has 2 aromatic rings. The van der Waals surface area contributed by atoms with Crippen molar-refractivity contribution in [3.05, 3.63) is 46.5 Å². The van der Waals surface area contributed by atoms with Gasteiger partial charge in [0.05, 0.1) is 16.7 Å². The average molecular weight is 288 g/mol. The fraction of sp³-hybridized carbons (Fsp3) is 0.308. The molecular formula is C13H16N6O2. The zero-order chi connectivity index (χ0) is 15.2. The lowest BCUT2D eigenvalue weighted by Gasteiger charge is -2.14. The van der Waals surface area contributed by atoms with Crippen molar-refractivity contribution in [1.82, 2.24) is 15.0 Å². The van der Waals surface area contributed by atoms with E-state index in [1.807, 2.05) is 32.0 Å². The fourth-order valence-electron chi connectivity index (χ4n) is 1.87. The summed E-state index contributed by atoms with van der Waals surface area (Å²) in [5.74, 6) is 0.373. The number of rotatable bonds is 6. The Kier molecular flexibility index (Phi) is 4.60. The van der Waals surface area contributed by atoms with Crippen LogP contribution in [0.5, 0.6) is 0 Å². The zero-order valence-electron chi connectivity index (χ0n) is 11.8. The maximum Gasteiger partial charge on any atom is 0.353 e. The SMILES string of the molecule is CCNc1ncnc(NC(C)c2ccccn2)c1[N+](=O)[O-]. The van der Waals surface area contributed by atoms with Gasteiger partial charge < -0.3 is 10.6 Å². The molecule has 0 saturated carbocycles. The number of hydrogen-bond acceptors (Lipinski definition) is 7. The standard InChI is InChI=1S/C13H16N6O2/c1-3-14-12-11(19(20)21)13(17-8-16-12)18-9(2)10-6-4-5-7-15-10/h4-9H,3H2,1-2H3,(H2,14,16,17,18). The van der Waals surface area contributed by atoms with Gasteiger partial charge in [-0.15, -0.1) is 0 Å². The topological polar surface area (TPSA) is 106 Å². The van der Waals surface area contributed by atoms with Gasteiger partial charge in [0, 0.05) is 12.7 Å². The highest BCUT2D eigenvalue weighted by molar-refractivity contribution is 5.69. The molecule has 0 aliphatic rings. The first kappa shape index (κ1) is 14.6. The van der Waals surface area contributed by atoms with Gasteiger partial charge in [-0.2, -0.15) is 0 Å². The molecule has 2 N–H and O–H groups in total.